The number of carbonyl (C=O) groups excluding carboxylic acids is 2. The summed E-state index contributed by atoms with van der Waals surface area (Å²) in [5.74, 6) is -0.800. The minimum Gasteiger partial charge on any atom is -0.465 e. The van der Waals surface area contributed by atoms with Crippen LogP contribution in [0, 0.1) is 5.92 Å². The quantitative estimate of drug-likeness (QED) is 0.834. The van der Waals surface area contributed by atoms with Crippen LogP contribution in [0.5, 0.6) is 0 Å². The lowest BCUT2D eigenvalue weighted by molar-refractivity contribution is -0.133. The van der Waals surface area contributed by atoms with Crippen molar-refractivity contribution in [1.82, 2.24) is 10.2 Å². The highest BCUT2D eigenvalue weighted by molar-refractivity contribution is 5.94. The summed E-state index contributed by atoms with van der Waals surface area (Å²) in [5.41, 5.74) is 1.02. The van der Waals surface area contributed by atoms with Crippen LogP contribution in [-0.4, -0.2) is 47.3 Å². The van der Waals surface area contributed by atoms with Crippen molar-refractivity contribution in [3.05, 3.63) is 35.9 Å². The zero-order valence-corrected chi connectivity index (χ0v) is 12.9. The van der Waals surface area contributed by atoms with Gasteiger partial charge in [-0.1, -0.05) is 37.3 Å². The highest BCUT2D eigenvalue weighted by Crippen LogP contribution is 2.20. The molecule has 0 aliphatic carbocycles. The van der Waals surface area contributed by atoms with Crippen LogP contribution < -0.4 is 5.32 Å². The molecule has 1 aliphatic heterocycles. The lowest BCUT2D eigenvalue weighted by atomic mass is 10.0. The summed E-state index contributed by atoms with van der Waals surface area (Å²) in [4.78, 5) is 36.0. The normalized spacial score (nSPS) is 18.4. The number of ether oxygens (including phenoxy) is 1. The highest BCUT2D eigenvalue weighted by Gasteiger charge is 2.39. The van der Waals surface area contributed by atoms with Crippen LogP contribution in [0.4, 0.5) is 9.59 Å². The van der Waals surface area contributed by atoms with E-state index in [1.165, 1.54) is 4.90 Å². The van der Waals surface area contributed by atoms with E-state index in [9.17, 15) is 14.4 Å². The number of imide groups is 1. The van der Waals surface area contributed by atoms with E-state index in [1.54, 1.807) is 6.92 Å². The SMILES string of the molecule is CC(CCNC(=O)O)C(=O)N1C(=O)OC[C@@H]1Cc1ccccc1. The van der Waals surface area contributed by atoms with Gasteiger partial charge in [0.05, 0.1) is 6.04 Å². The Hall–Kier alpha value is -2.57. The van der Waals surface area contributed by atoms with Crippen LogP contribution in [0.25, 0.3) is 0 Å². The van der Waals surface area contributed by atoms with Gasteiger partial charge in [-0.15, -0.1) is 0 Å². The molecular weight excluding hydrogens is 300 g/mol. The van der Waals surface area contributed by atoms with Crippen molar-refractivity contribution in [3.63, 3.8) is 0 Å². The number of amides is 3. The number of rotatable bonds is 6. The number of hydrogen-bond acceptors (Lipinski definition) is 4. The van der Waals surface area contributed by atoms with E-state index in [1.807, 2.05) is 30.3 Å². The Balaban J connectivity index is 1.98. The van der Waals surface area contributed by atoms with Crippen molar-refractivity contribution in [1.29, 1.82) is 0 Å². The smallest absolute Gasteiger partial charge is 0.416 e. The van der Waals surface area contributed by atoms with Gasteiger partial charge in [0, 0.05) is 12.5 Å². The number of cyclic esters (lactones) is 1. The van der Waals surface area contributed by atoms with E-state index in [2.05, 4.69) is 5.32 Å². The minimum absolute atomic E-state index is 0.161. The molecule has 1 fully saturated rings. The van der Waals surface area contributed by atoms with E-state index in [-0.39, 0.29) is 25.1 Å². The Kier molecular flexibility index (Phi) is 5.56. The fourth-order valence-corrected chi connectivity index (χ4v) is 2.52. The lowest BCUT2D eigenvalue weighted by Crippen LogP contribution is -2.43. The molecule has 0 aromatic heterocycles. The van der Waals surface area contributed by atoms with Gasteiger partial charge in [0.2, 0.25) is 5.91 Å². The standard InChI is InChI=1S/C16H20N2O5/c1-11(7-8-17-15(20)21)14(19)18-13(10-23-16(18)22)9-12-5-3-2-4-6-12/h2-6,11,13,17H,7-10H2,1H3,(H,20,21)/t11?,13-/m0/s1. The Labute approximate surface area is 134 Å². The van der Waals surface area contributed by atoms with Gasteiger partial charge in [0.15, 0.2) is 0 Å². The molecule has 0 radical (unpaired) electrons. The average Bonchev–Trinajstić information content (AvgIpc) is 2.87. The predicted molar refractivity (Wildman–Crippen MR) is 81.9 cm³/mol. The molecule has 0 saturated carbocycles. The first-order valence-electron chi connectivity index (χ1n) is 7.49. The number of carboxylic acid groups (broad SMARTS) is 1. The predicted octanol–water partition coefficient (Wildman–Crippen LogP) is 1.87. The zero-order chi connectivity index (χ0) is 16.8. The lowest BCUT2D eigenvalue weighted by Gasteiger charge is -2.23. The van der Waals surface area contributed by atoms with E-state index in [0.29, 0.717) is 12.8 Å². The van der Waals surface area contributed by atoms with Gasteiger partial charge in [-0.05, 0) is 18.4 Å². The Bertz CT molecular complexity index is 575. The molecule has 3 amide bonds. The van der Waals surface area contributed by atoms with E-state index in [4.69, 9.17) is 9.84 Å². The number of benzene rings is 1. The van der Waals surface area contributed by atoms with Crippen LogP contribution in [0.1, 0.15) is 18.9 Å². The van der Waals surface area contributed by atoms with E-state index in [0.717, 1.165) is 5.56 Å². The van der Waals surface area contributed by atoms with Crippen molar-refractivity contribution in [2.24, 2.45) is 5.92 Å². The monoisotopic (exact) mass is 320 g/mol. The number of hydrogen-bond donors (Lipinski definition) is 2. The maximum atomic E-state index is 12.5. The summed E-state index contributed by atoms with van der Waals surface area (Å²) >= 11 is 0. The van der Waals surface area contributed by atoms with Gasteiger partial charge < -0.3 is 15.2 Å². The van der Waals surface area contributed by atoms with E-state index >= 15 is 0 Å². The third-order valence-electron chi connectivity index (χ3n) is 3.79. The summed E-state index contributed by atoms with van der Waals surface area (Å²) < 4.78 is 5.02. The molecule has 0 bridgehead atoms. The third-order valence-corrected chi connectivity index (χ3v) is 3.79. The van der Waals surface area contributed by atoms with Crippen LogP contribution in [0.3, 0.4) is 0 Å². The topological polar surface area (TPSA) is 95.9 Å². The number of nitrogens with zero attached hydrogens (tertiary/aromatic N) is 1. The summed E-state index contributed by atoms with van der Waals surface area (Å²) in [6, 6.07) is 9.25. The maximum absolute atomic E-state index is 12.5. The van der Waals surface area contributed by atoms with Crippen molar-refractivity contribution < 1.29 is 24.2 Å². The molecule has 1 aromatic carbocycles. The van der Waals surface area contributed by atoms with Gasteiger partial charge >= 0.3 is 12.2 Å². The molecular formula is C16H20N2O5. The first-order valence-corrected chi connectivity index (χ1v) is 7.49. The largest absolute Gasteiger partial charge is 0.465 e. The highest BCUT2D eigenvalue weighted by atomic mass is 16.6. The zero-order valence-electron chi connectivity index (χ0n) is 12.9. The molecule has 2 rings (SSSR count). The average molecular weight is 320 g/mol. The molecule has 2 N–H and O–H groups in total. The molecule has 0 spiro atoms. The first-order chi connectivity index (χ1) is 11.0. The molecule has 1 aliphatic rings. The summed E-state index contributed by atoms with van der Waals surface area (Å²) in [6.07, 6.45) is -0.896. The van der Waals surface area contributed by atoms with Crippen molar-refractivity contribution in [2.45, 2.75) is 25.8 Å². The van der Waals surface area contributed by atoms with Crippen LogP contribution in [0.15, 0.2) is 30.3 Å². The Morgan fingerprint density at radius 3 is 2.74 bits per heavy atom. The minimum atomic E-state index is -1.13. The Morgan fingerprint density at radius 2 is 2.09 bits per heavy atom. The van der Waals surface area contributed by atoms with Crippen molar-refractivity contribution in [3.8, 4) is 0 Å². The van der Waals surface area contributed by atoms with Gasteiger partial charge in [-0.2, -0.15) is 0 Å². The molecule has 7 nitrogen and oxygen atoms in total. The van der Waals surface area contributed by atoms with Crippen LogP contribution in [-0.2, 0) is 16.0 Å². The molecule has 1 unspecified atom stereocenters. The Morgan fingerprint density at radius 1 is 1.39 bits per heavy atom. The van der Waals surface area contributed by atoms with Gasteiger partial charge in [-0.25, -0.2) is 14.5 Å². The van der Waals surface area contributed by atoms with Gasteiger partial charge in [-0.3, -0.25) is 4.79 Å². The number of carbonyl (C=O) groups is 3. The molecule has 7 heteroatoms. The fourth-order valence-electron chi connectivity index (χ4n) is 2.52. The second-order valence-corrected chi connectivity index (χ2v) is 5.55. The van der Waals surface area contributed by atoms with Gasteiger partial charge in [0.25, 0.3) is 0 Å². The molecule has 23 heavy (non-hydrogen) atoms. The molecule has 1 aromatic rings. The van der Waals surface area contributed by atoms with Crippen LogP contribution in [0.2, 0.25) is 0 Å². The first kappa shape index (κ1) is 16.8. The summed E-state index contributed by atoms with van der Waals surface area (Å²) in [7, 11) is 0. The maximum Gasteiger partial charge on any atom is 0.416 e. The second-order valence-electron chi connectivity index (χ2n) is 5.55. The van der Waals surface area contributed by atoms with Crippen LogP contribution >= 0.6 is 0 Å². The van der Waals surface area contributed by atoms with Gasteiger partial charge in [0.1, 0.15) is 6.61 Å². The molecule has 2 atom stereocenters. The number of nitrogens with one attached hydrogen (secondary N) is 1. The summed E-state index contributed by atoms with van der Waals surface area (Å²) in [6.45, 7) is 2.02. The molecule has 124 valence electrons. The van der Waals surface area contributed by atoms with Crippen molar-refractivity contribution >= 4 is 18.1 Å². The summed E-state index contributed by atoms with van der Waals surface area (Å²) in [5, 5.41) is 10.8. The van der Waals surface area contributed by atoms with E-state index < -0.39 is 18.1 Å². The fraction of sp³-hybridized carbons (Fsp3) is 0.438. The molecule has 1 saturated heterocycles. The molecule has 1 heterocycles. The third kappa shape index (κ3) is 4.45. The second kappa shape index (κ2) is 7.62. The van der Waals surface area contributed by atoms with Crippen molar-refractivity contribution in [2.75, 3.05) is 13.2 Å².